The molecule has 0 aliphatic heterocycles. The summed E-state index contributed by atoms with van der Waals surface area (Å²) in [5.41, 5.74) is 1.07. The highest BCUT2D eigenvalue weighted by Crippen LogP contribution is 2.23. The highest BCUT2D eigenvalue weighted by molar-refractivity contribution is 7.89. The van der Waals surface area contributed by atoms with Gasteiger partial charge in [-0.3, -0.25) is 14.9 Å². The molecule has 1 fully saturated rings. The molecule has 0 spiro atoms. The second kappa shape index (κ2) is 11.3. The minimum Gasteiger partial charge on any atom is -0.311 e. The van der Waals surface area contributed by atoms with Gasteiger partial charge in [-0.15, -0.1) is 0 Å². The molecule has 0 atom stereocenters. The van der Waals surface area contributed by atoms with Gasteiger partial charge in [0.25, 0.3) is 5.69 Å². The van der Waals surface area contributed by atoms with Crippen molar-refractivity contribution < 1.29 is 18.1 Å². The van der Waals surface area contributed by atoms with Crippen LogP contribution in [-0.4, -0.2) is 38.0 Å². The van der Waals surface area contributed by atoms with Gasteiger partial charge in [-0.05, 0) is 30.9 Å². The zero-order chi connectivity index (χ0) is 23.0. The van der Waals surface area contributed by atoms with E-state index in [1.54, 1.807) is 30.3 Å². The average molecular weight is 460 g/mol. The van der Waals surface area contributed by atoms with Crippen molar-refractivity contribution in [3.05, 3.63) is 75.3 Å². The number of ketones is 1. The lowest BCUT2D eigenvalue weighted by Gasteiger charge is -2.21. The van der Waals surface area contributed by atoms with Crippen LogP contribution in [0.5, 0.6) is 0 Å². The normalized spacial score (nSPS) is 14.9. The second-order valence-electron chi connectivity index (χ2n) is 8.14. The molecule has 3 rings (SSSR count). The van der Waals surface area contributed by atoms with Crippen molar-refractivity contribution in [2.24, 2.45) is 5.92 Å². The number of rotatable bonds is 11. The Bertz CT molecular complexity index is 1030. The Balaban J connectivity index is 1.57. The molecule has 0 amide bonds. The van der Waals surface area contributed by atoms with Crippen LogP contribution in [0.25, 0.3) is 0 Å². The van der Waals surface area contributed by atoms with Crippen LogP contribution in [0.2, 0.25) is 0 Å². The van der Waals surface area contributed by atoms with E-state index in [0.29, 0.717) is 29.2 Å². The van der Waals surface area contributed by atoms with Gasteiger partial charge in [-0.25, -0.2) is 13.1 Å². The molecule has 9 heteroatoms. The first-order valence-electron chi connectivity index (χ1n) is 10.9. The van der Waals surface area contributed by atoms with Crippen LogP contribution in [0.3, 0.4) is 0 Å². The molecule has 0 radical (unpaired) electrons. The summed E-state index contributed by atoms with van der Waals surface area (Å²) in [6, 6.07) is 12.9. The largest absolute Gasteiger partial charge is 0.311 e. The highest BCUT2D eigenvalue weighted by atomic mass is 32.2. The van der Waals surface area contributed by atoms with E-state index in [4.69, 9.17) is 0 Å². The van der Waals surface area contributed by atoms with Crippen LogP contribution in [0.4, 0.5) is 5.69 Å². The number of nitro groups is 1. The van der Waals surface area contributed by atoms with Crippen LogP contribution in [-0.2, 0) is 16.6 Å². The molecule has 0 saturated heterocycles. The van der Waals surface area contributed by atoms with E-state index in [1.165, 1.54) is 24.6 Å². The molecule has 0 aromatic heterocycles. The third kappa shape index (κ3) is 6.94. The Morgan fingerprint density at radius 2 is 1.75 bits per heavy atom. The molecule has 0 heterocycles. The maximum Gasteiger partial charge on any atom is 0.273 e. The van der Waals surface area contributed by atoms with Crippen molar-refractivity contribution in [1.82, 2.24) is 10.0 Å². The van der Waals surface area contributed by atoms with Crippen LogP contribution >= 0.6 is 0 Å². The standard InChI is InChI=1S/C23H29N3O5S/c27-23(19-9-5-2-6-10-19)20-11-12-22(26(28)29)21(15-20)17-24-13-14-32(30,31)25-16-18-7-3-1-4-8-18/h2,5-6,9-12,15,18,24-25H,1,3-4,7-8,13-14,16-17H2. The molecule has 32 heavy (non-hydrogen) atoms. The minimum absolute atomic E-state index is 0.0877. The molecule has 2 aromatic carbocycles. The maximum atomic E-state index is 12.7. The van der Waals surface area contributed by atoms with Gasteiger partial charge < -0.3 is 5.32 Å². The first-order valence-corrected chi connectivity index (χ1v) is 12.6. The van der Waals surface area contributed by atoms with E-state index in [-0.39, 0.29) is 30.3 Å². The fraction of sp³-hybridized carbons (Fsp3) is 0.435. The fourth-order valence-corrected chi connectivity index (χ4v) is 4.99. The predicted molar refractivity (Wildman–Crippen MR) is 123 cm³/mol. The Kier molecular flexibility index (Phi) is 8.49. The number of nitro benzene ring substituents is 1. The van der Waals surface area contributed by atoms with Crippen molar-refractivity contribution in [2.75, 3.05) is 18.8 Å². The van der Waals surface area contributed by atoms with E-state index in [0.717, 1.165) is 25.7 Å². The summed E-state index contributed by atoms with van der Waals surface area (Å²) in [7, 11) is -3.42. The minimum atomic E-state index is -3.42. The number of carbonyl (C=O) groups excluding carboxylic acids is 1. The van der Waals surface area contributed by atoms with E-state index < -0.39 is 14.9 Å². The van der Waals surface area contributed by atoms with Crippen LogP contribution in [0.15, 0.2) is 48.5 Å². The second-order valence-corrected chi connectivity index (χ2v) is 10.1. The Morgan fingerprint density at radius 3 is 2.44 bits per heavy atom. The molecule has 1 aliphatic rings. The van der Waals surface area contributed by atoms with E-state index in [1.807, 2.05) is 0 Å². The zero-order valence-electron chi connectivity index (χ0n) is 18.0. The third-order valence-corrected chi connectivity index (χ3v) is 7.10. The summed E-state index contributed by atoms with van der Waals surface area (Å²) in [5.74, 6) is 0.0612. The van der Waals surface area contributed by atoms with E-state index >= 15 is 0 Å². The maximum absolute atomic E-state index is 12.7. The van der Waals surface area contributed by atoms with Crippen molar-refractivity contribution in [2.45, 2.75) is 38.6 Å². The molecule has 0 unspecified atom stereocenters. The van der Waals surface area contributed by atoms with E-state index in [9.17, 15) is 23.3 Å². The summed E-state index contributed by atoms with van der Waals surface area (Å²) < 4.78 is 27.2. The van der Waals surface area contributed by atoms with Crippen LogP contribution < -0.4 is 10.0 Å². The van der Waals surface area contributed by atoms with Crippen molar-refractivity contribution >= 4 is 21.5 Å². The van der Waals surface area contributed by atoms with Gasteiger partial charge in [0.1, 0.15) is 0 Å². The van der Waals surface area contributed by atoms with Gasteiger partial charge in [0.05, 0.1) is 10.7 Å². The molecular weight excluding hydrogens is 430 g/mol. The van der Waals surface area contributed by atoms with Crippen LogP contribution in [0.1, 0.15) is 53.6 Å². The Labute approximate surface area is 188 Å². The third-order valence-electron chi connectivity index (χ3n) is 5.75. The van der Waals surface area contributed by atoms with E-state index in [2.05, 4.69) is 10.0 Å². The lowest BCUT2D eigenvalue weighted by Crippen LogP contribution is -2.35. The molecular formula is C23H29N3O5S. The zero-order valence-corrected chi connectivity index (χ0v) is 18.8. The quantitative estimate of drug-likeness (QED) is 0.230. The van der Waals surface area contributed by atoms with Crippen molar-refractivity contribution in [3.63, 3.8) is 0 Å². The van der Waals surface area contributed by atoms with Gasteiger partial charge in [-0.1, -0.05) is 49.6 Å². The number of hydrogen-bond acceptors (Lipinski definition) is 6. The number of benzene rings is 2. The van der Waals surface area contributed by atoms with Crippen molar-refractivity contribution in [3.8, 4) is 0 Å². The lowest BCUT2D eigenvalue weighted by atomic mass is 9.90. The molecule has 1 aliphatic carbocycles. The monoisotopic (exact) mass is 459 g/mol. The van der Waals surface area contributed by atoms with Gasteiger partial charge in [0, 0.05) is 42.4 Å². The molecule has 172 valence electrons. The molecule has 1 saturated carbocycles. The molecule has 2 N–H and O–H groups in total. The predicted octanol–water partition coefficient (Wildman–Crippen LogP) is 3.42. The smallest absolute Gasteiger partial charge is 0.273 e. The van der Waals surface area contributed by atoms with Gasteiger partial charge in [-0.2, -0.15) is 0 Å². The lowest BCUT2D eigenvalue weighted by molar-refractivity contribution is -0.385. The highest BCUT2D eigenvalue weighted by Gasteiger charge is 2.19. The topological polar surface area (TPSA) is 118 Å². The van der Waals surface area contributed by atoms with Gasteiger partial charge in [0.2, 0.25) is 10.0 Å². The van der Waals surface area contributed by atoms with Gasteiger partial charge in [0.15, 0.2) is 5.78 Å². The summed E-state index contributed by atoms with van der Waals surface area (Å²) in [4.78, 5) is 23.5. The summed E-state index contributed by atoms with van der Waals surface area (Å²) in [5, 5.41) is 14.3. The number of sulfonamides is 1. The number of nitrogens with zero attached hydrogens (tertiary/aromatic N) is 1. The SMILES string of the molecule is O=C(c1ccccc1)c1ccc([N+](=O)[O-])c(CNCCS(=O)(=O)NCC2CCCCC2)c1. The first kappa shape index (κ1) is 24.0. The summed E-state index contributed by atoms with van der Waals surface area (Å²) >= 11 is 0. The number of nitrogens with one attached hydrogen (secondary N) is 2. The Morgan fingerprint density at radius 1 is 1.03 bits per heavy atom. The number of hydrogen-bond donors (Lipinski definition) is 2. The molecule has 8 nitrogen and oxygen atoms in total. The van der Waals surface area contributed by atoms with Gasteiger partial charge >= 0.3 is 0 Å². The molecule has 0 bridgehead atoms. The average Bonchev–Trinajstić information content (AvgIpc) is 2.81. The number of carbonyl (C=O) groups is 1. The molecule has 2 aromatic rings. The summed E-state index contributed by atoms with van der Waals surface area (Å²) in [6.07, 6.45) is 5.64. The summed E-state index contributed by atoms with van der Waals surface area (Å²) in [6.45, 7) is 0.704. The first-order chi connectivity index (χ1) is 15.4. The van der Waals surface area contributed by atoms with Crippen molar-refractivity contribution in [1.29, 1.82) is 0 Å². The fourth-order valence-electron chi connectivity index (χ4n) is 3.94. The van der Waals surface area contributed by atoms with Crippen LogP contribution in [0, 0.1) is 16.0 Å². The Hall–Kier alpha value is -2.62.